The number of fused-ring (bicyclic) bond motifs is 4. The molecule has 2 saturated heterocycles. The predicted octanol–water partition coefficient (Wildman–Crippen LogP) is 8.48. The van der Waals surface area contributed by atoms with Gasteiger partial charge < -0.3 is 19.3 Å². The number of nitrogens with one attached hydrogen (secondary N) is 1. The molecule has 11 nitrogen and oxygen atoms in total. The largest absolute Gasteiger partial charge is 0.504 e. The Hall–Kier alpha value is -7.14. The lowest BCUT2D eigenvalue weighted by molar-refractivity contribution is -0.138. The Morgan fingerprint density at radius 1 is 0.790 bits per heavy atom. The van der Waals surface area contributed by atoms with E-state index in [-0.39, 0.29) is 42.8 Å². The van der Waals surface area contributed by atoms with Crippen LogP contribution in [0.2, 0.25) is 0 Å². The molecule has 1 saturated carbocycles. The monoisotopic (exact) mass is 829 g/mol. The zero-order valence-electron chi connectivity index (χ0n) is 34.9. The molecule has 5 aromatic carbocycles. The summed E-state index contributed by atoms with van der Waals surface area (Å²) < 4.78 is 16.8. The Balaban J connectivity index is 1.12. The normalized spacial score (nSPS) is 24.1. The van der Waals surface area contributed by atoms with Crippen LogP contribution in [0, 0.1) is 30.6 Å². The minimum Gasteiger partial charge on any atom is -0.504 e. The highest BCUT2D eigenvalue weighted by Gasteiger charge is 2.70. The quantitative estimate of drug-likeness (QED) is 0.0764. The third kappa shape index (κ3) is 6.42. The molecule has 2 N–H and O–H groups in total. The zero-order chi connectivity index (χ0) is 43.3. The molecule has 314 valence electrons. The van der Waals surface area contributed by atoms with Crippen molar-refractivity contribution in [2.75, 3.05) is 31.2 Å². The fourth-order valence-corrected chi connectivity index (χ4v) is 10.3. The third-order valence-corrected chi connectivity index (χ3v) is 13.1. The van der Waals surface area contributed by atoms with Crippen molar-refractivity contribution >= 4 is 47.2 Å². The number of benzene rings is 5. The second kappa shape index (κ2) is 16.0. The van der Waals surface area contributed by atoms with Crippen molar-refractivity contribution in [3.8, 4) is 23.0 Å². The number of amides is 4. The number of carbonyl (C=O) groups excluding carboxylic acids is 4. The second-order valence-corrected chi connectivity index (χ2v) is 16.3. The van der Waals surface area contributed by atoms with Crippen LogP contribution in [-0.4, -0.2) is 54.6 Å². The van der Waals surface area contributed by atoms with Crippen LogP contribution in [0.4, 0.5) is 11.4 Å². The number of hydrogen-bond acceptors (Lipinski definition) is 9. The summed E-state index contributed by atoms with van der Waals surface area (Å²) in [6, 6.07) is 34.6. The van der Waals surface area contributed by atoms with Gasteiger partial charge in [0, 0.05) is 17.0 Å². The maximum absolute atomic E-state index is 15.5. The van der Waals surface area contributed by atoms with E-state index in [1.807, 2.05) is 117 Å². The molecule has 5 aromatic rings. The number of hydrazine groups is 1. The van der Waals surface area contributed by atoms with Crippen LogP contribution in [-0.2, 0) is 24.6 Å². The van der Waals surface area contributed by atoms with Crippen molar-refractivity contribution in [3.63, 3.8) is 0 Å². The van der Waals surface area contributed by atoms with Crippen LogP contribution in [0.1, 0.15) is 53.5 Å². The molecule has 2 aliphatic heterocycles. The molecule has 9 rings (SSSR count). The molecule has 11 heteroatoms. The van der Waals surface area contributed by atoms with E-state index >= 15 is 9.59 Å². The van der Waals surface area contributed by atoms with E-state index < -0.39 is 46.8 Å². The highest BCUT2D eigenvalue weighted by molar-refractivity contribution is 6.22. The summed E-state index contributed by atoms with van der Waals surface area (Å²) in [4.78, 5) is 61.1. The Kier molecular flexibility index (Phi) is 10.4. The van der Waals surface area contributed by atoms with Crippen LogP contribution in [0.25, 0.3) is 12.2 Å². The fourth-order valence-electron chi connectivity index (χ4n) is 10.3. The standard InChI is InChI=1S/C51H47N3O8/c1-5-62-43-13-9-12-39(46(43)55)45-37-25-26-38-44(49(58)53(47(38)56)35-22-17-31(18-23-35)16-19-32-28-36(60-3)24-27-42(32)61-4)40(37)29-41-48(57)54(52-34-20-14-30(2)15-21-34)50(59)51(41,45)33-10-7-6-8-11-33/h6-25,27-28,38,40-41,44-45,52,55H,5,26,29H2,1-4H3. The zero-order valence-corrected chi connectivity index (χ0v) is 34.9. The summed E-state index contributed by atoms with van der Waals surface area (Å²) in [5.74, 6) is -4.07. The van der Waals surface area contributed by atoms with E-state index in [4.69, 9.17) is 14.2 Å². The van der Waals surface area contributed by atoms with Gasteiger partial charge in [0.1, 0.15) is 11.5 Å². The van der Waals surface area contributed by atoms with Gasteiger partial charge >= 0.3 is 0 Å². The van der Waals surface area contributed by atoms with Gasteiger partial charge in [-0.3, -0.25) is 29.5 Å². The van der Waals surface area contributed by atoms with Gasteiger partial charge in [-0.05, 0) is 92.3 Å². The molecule has 62 heavy (non-hydrogen) atoms. The molecule has 0 spiro atoms. The lowest BCUT2D eigenvalue weighted by Crippen LogP contribution is -2.53. The van der Waals surface area contributed by atoms with Gasteiger partial charge in [0.05, 0.1) is 55.4 Å². The average molecular weight is 830 g/mol. The SMILES string of the molecule is CCOc1cccc(C2C3=CCC4C(=O)N(c5ccc(C=Cc6cc(OC)ccc6OC)cc5)C(=O)C4C3CC3C(=O)N(Nc4ccc(C)cc4)C(=O)C32c2ccccc2)c1O. The first kappa shape index (κ1) is 40.3. The predicted molar refractivity (Wildman–Crippen MR) is 235 cm³/mol. The van der Waals surface area contributed by atoms with Crippen LogP contribution in [0.5, 0.6) is 23.0 Å². The fraction of sp³-hybridized carbons (Fsp3) is 0.255. The van der Waals surface area contributed by atoms with Gasteiger partial charge in [0.25, 0.3) is 11.8 Å². The first-order chi connectivity index (χ1) is 30.1. The van der Waals surface area contributed by atoms with Crippen molar-refractivity contribution in [3.05, 3.63) is 155 Å². The summed E-state index contributed by atoms with van der Waals surface area (Å²) in [5, 5.41) is 13.2. The number of rotatable bonds is 11. The molecule has 6 atom stereocenters. The summed E-state index contributed by atoms with van der Waals surface area (Å²) >= 11 is 0. The van der Waals surface area contributed by atoms with Crippen molar-refractivity contribution in [2.24, 2.45) is 23.7 Å². The number of methoxy groups -OCH3 is 2. The van der Waals surface area contributed by atoms with Gasteiger partial charge in [0.2, 0.25) is 11.8 Å². The Labute approximate surface area is 360 Å². The lowest BCUT2D eigenvalue weighted by atomic mass is 9.49. The number of hydrogen-bond donors (Lipinski definition) is 2. The first-order valence-corrected chi connectivity index (χ1v) is 20.9. The van der Waals surface area contributed by atoms with Crippen LogP contribution in [0.3, 0.4) is 0 Å². The minimum absolute atomic E-state index is 0.130. The van der Waals surface area contributed by atoms with Crippen molar-refractivity contribution in [1.29, 1.82) is 0 Å². The molecular weight excluding hydrogens is 783 g/mol. The summed E-state index contributed by atoms with van der Waals surface area (Å²) in [6.07, 6.45) is 6.18. The number of aromatic hydroxyl groups is 1. The maximum atomic E-state index is 15.5. The summed E-state index contributed by atoms with van der Waals surface area (Å²) in [5.41, 5.74) is 7.03. The topological polar surface area (TPSA) is 135 Å². The third-order valence-electron chi connectivity index (χ3n) is 13.1. The van der Waals surface area contributed by atoms with Gasteiger partial charge in [0.15, 0.2) is 11.5 Å². The first-order valence-electron chi connectivity index (χ1n) is 20.9. The van der Waals surface area contributed by atoms with Crippen LogP contribution >= 0.6 is 0 Å². The number of carbonyl (C=O) groups is 4. The maximum Gasteiger partial charge on any atom is 0.260 e. The summed E-state index contributed by atoms with van der Waals surface area (Å²) in [7, 11) is 3.21. The number of phenolic OH excluding ortho intramolecular Hbond substituents is 1. The average Bonchev–Trinajstić information content (AvgIpc) is 3.68. The smallest absolute Gasteiger partial charge is 0.260 e. The second-order valence-electron chi connectivity index (χ2n) is 16.3. The number of nitrogens with zero attached hydrogens (tertiary/aromatic N) is 2. The van der Waals surface area contributed by atoms with E-state index in [1.165, 1.54) is 4.90 Å². The highest BCUT2D eigenvalue weighted by atomic mass is 16.5. The molecular formula is C51H47N3O8. The molecule has 3 fully saturated rings. The molecule has 2 heterocycles. The van der Waals surface area contributed by atoms with Crippen molar-refractivity contribution in [1.82, 2.24) is 5.01 Å². The van der Waals surface area contributed by atoms with Crippen LogP contribution in [0.15, 0.2) is 127 Å². The molecule has 0 radical (unpaired) electrons. The van der Waals surface area contributed by atoms with Crippen molar-refractivity contribution in [2.45, 2.75) is 38.0 Å². The molecule has 0 aromatic heterocycles. The molecule has 0 bridgehead atoms. The number of ether oxygens (including phenoxy) is 3. The van der Waals surface area contributed by atoms with Gasteiger partial charge in [-0.2, -0.15) is 5.01 Å². The Bertz CT molecular complexity index is 2640. The Morgan fingerprint density at radius 2 is 1.55 bits per heavy atom. The van der Waals surface area contributed by atoms with Gasteiger partial charge in [-0.25, -0.2) is 0 Å². The van der Waals surface area contributed by atoms with Gasteiger partial charge in [-0.1, -0.05) is 96.1 Å². The number of imide groups is 2. The van der Waals surface area contributed by atoms with Crippen molar-refractivity contribution < 1.29 is 38.5 Å². The van der Waals surface area contributed by atoms with E-state index in [1.54, 1.807) is 44.6 Å². The lowest BCUT2D eigenvalue weighted by Gasteiger charge is -2.50. The molecule has 4 amide bonds. The van der Waals surface area contributed by atoms with E-state index in [0.29, 0.717) is 34.0 Å². The van der Waals surface area contributed by atoms with Crippen LogP contribution < -0.4 is 24.5 Å². The number of allylic oxidation sites excluding steroid dienone is 2. The molecule has 2 aliphatic carbocycles. The highest BCUT2D eigenvalue weighted by Crippen LogP contribution is 2.65. The number of aryl methyl sites for hydroxylation is 1. The number of para-hydroxylation sites is 1. The number of phenols is 1. The minimum atomic E-state index is -1.53. The van der Waals surface area contributed by atoms with E-state index in [2.05, 4.69) is 5.43 Å². The molecule has 4 aliphatic rings. The number of anilines is 2. The molecule has 6 unspecified atom stereocenters. The van der Waals surface area contributed by atoms with E-state index in [0.717, 1.165) is 27.3 Å². The Morgan fingerprint density at radius 3 is 2.26 bits per heavy atom. The van der Waals surface area contributed by atoms with Gasteiger partial charge in [-0.15, -0.1) is 0 Å². The summed E-state index contributed by atoms with van der Waals surface area (Å²) in [6.45, 7) is 4.06. The van der Waals surface area contributed by atoms with E-state index in [9.17, 15) is 14.7 Å².